The molecule has 0 saturated carbocycles. The highest BCUT2D eigenvalue weighted by Gasteiger charge is 2.09. The van der Waals surface area contributed by atoms with Crippen molar-refractivity contribution in [3.05, 3.63) is 66.2 Å². The lowest BCUT2D eigenvalue weighted by Crippen LogP contribution is -2.34. The summed E-state index contributed by atoms with van der Waals surface area (Å²) >= 11 is 0. The number of para-hydroxylation sites is 1. The molecule has 0 heterocycles. The molecule has 120 valence electrons. The van der Waals surface area contributed by atoms with Gasteiger partial charge >= 0.3 is 6.03 Å². The molecule has 0 bridgehead atoms. The molecule has 5 heteroatoms. The topological polar surface area (TPSA) is 70.2 Å². The van der Waals surface area contributed by atoms with Crippen molar-refractivity contribution in [3.8, 4) is 0 Å². The monoisotopic (exact) mass is 311 g/mol. The molecule has 5 nitrogen and oxygen atoms in total. The minimum Gasteiger partial charge on any atom is -0.350 e. The van der Waals surface area contributed by atoms with Crippen LogP contribution in [0.2, 0.25) is 0 Å². The van der Waals surface area contributed by atoms with E-state index in [1.54, 1.807) is 12.1 Å². The normalized spacial score (nSPS) is 11.3. The summed E-state index contributed by atoms with van der Waals surface area (Å²) in [6.07, 6.45) is 0.235. The summed E-state index contributed by atoms with van der Waals surface area (Å²) in [5, 5.41) is 8.27. The van der Waals surface area contributed by atoms with Gasteiger partial charge in [0, 0.05) is 18.7 Å². The maximum atomic E-state index is 11.9. The van der Waals surface area contributed by atoms with Gasteiger partial charge < -0.3 is 16.0 Å². The molecule has 2 rings (SSSR count). The van der Waals surface area contributed by atoms with Crippen molar-refractivity contribution in [2.24, 2.45) is 0 Å². The minimum absolute atomic E-state index is 0.0538. The van der Waals surface area contributed by atoms with Crippen LogP contribution in [0.5, 0.6) is 0 Å². The Kier molecular flexibility index (Phi) is 6.17. The van der Waals surface area contributed by atoms with Crippen LogP contribution in [0.15, 0.2) is 60.7 Å². The maximum absolute atomic E-state index is 11.9. The Labute approximate surface area is 136 Å². The average molecular weight is 311 g/mol. The predicted molar refractivity (Wildman–Crippen MR) is 91.1 cm³/mol. The van der Waals surface area contributed by atoms with Gasteiger partial charge in [-0.25, -0.2) is 4.79 Å². The second kappa shape index (κ2) is 8.58. The molecule has 0 aliphatic rings. The molecule has 23 heavy (non-hydrogen) atoms. The fourth-order valence-electron chi connectivity index (χ4n) is 2.13. The van der Waals surface area contributed by atoms with E-state index in [-0.39, 0.29) is 30.9 Å². The molecular weight excluding hydrogens is 290 g/mol. The van der Waals surface area contributed by atoms with E-state index in [0.29, 0.717) is 5.69 Å². The first kappa shape index (κ1) is 16.5. The first-order chi connectivity index (χ1) is 11.1. The largest absolute Gasteiger partial charge is 0.350 e. The van der Waals surface area contributed by atoms with Crippen LogP contribution < -0.4 is 16.0 Å². The van der Waals surface area contributed by atoms with Crippen molar-refractivity contribution < 1.29 is 9.59 Å². The van der Waals surface area contributed by atoms with Crippen LogP contribution in [0.4, 0.5) is 10.5 Å². The average Bonchev–Trinajstić information content (AvgIpc) is 2.56. The number of carbonyl (C=O) groups excluding carboxylic acids is 2. The zero-order valence-electron chi connectivity index (χ0n) is 13.1. The van der Waals surface area contributed by atoms with Crippen LogP contribution in [0.3, 0.4) is 0 Å². The Hall–Kier alpha value is -2.82. The van der Waals surface area contributed by atoms with Crippen LogP contribution in [0, 0.1) is 0 Å². The highest BCUT2D eigenvalue weighted by atomic mass is 16.2. The SMILES string of the molecule is C[C@H](NC(=O)CCNC(=O)Nc1ccccc1)c1ccccc1. The highest BCUT2D eigenvalue weighted by molar-refractivity contribution is 5.89. The molecule has 2 aromatic carbocycles. The van der Waals surface area contributed by atoms with Crippen molar-refractivity contribution in [2.45, 2.75) is 19.4 Å². The third kappa shape index (κ3) is 5.82. The Morgan fingerprint density at radius 2 is 1.57 bits per heavy atom. The summed E-state index contributed by atoms with van der Waals surface area (Å²) in [4.78, 5) is 23.6. The molecule has 1 atom stereocenters. The van der Waals surface area contributed by atoms with Crippen molar-refractivity contribution in [2.75, 3.05) is 11.9 Å². The summed E-state index contributed by atoms with van der Waals surface area (Å²) in [7, 11) is 0. The lowest BCUT2D eigenvalue weighted by Gasteiger charge is -2.14. The van der Waals surface area contributed by atoms with E-state index >= 15 is 0 Å². The summed E-state index contributed by atoms with van der Waals surface area (Å²) < 4.78 is 0. The summed E-state index contributed by atoms with van der Waals surface area (Å²) in [6.45, 7) is 2.22. The Bertz CT molecular complexity index is 629. The van der Waals surface area contributed by atoms with E-state index in [1.165, 1.54) is 0 Å². The maximum Gasteiger partial charge on any atom is 0.319 e. The quantitative estimate of drug-likeness (QED) is 0.767. The number of carbonyl (C=O) groups is 2. The smallest absolute Gasteiger partial charge is 0.319 e. The molecule has 0 aliphatic heterocycles. The van der Waals surface area contributed by atoms with E-state index in [0.717, 1.165) is 5.56 Å². The minimum atomic E-state index is -0.319. The zero-order chi connectivity index (χ0) is 16.5. The Morgan fingerprint density at radius 1 is 0.957 bits per heavy atom. The number of rotatable bonds is 6. The highest BCUT2D eigenvalue weighted by Crippen LogP contribution is 2.10. The van der Waals surface area contributed by atoms with E-state index < -0.39 is 0 Å². The van der Waals surface area contributed by atoms with E-state index in [1.807, 2.05) is 55.5 Å². The molecule has 2 aromatic rings. The van der Waals surface area contributed by atoms with Gasteiger partial charge in [0.2, 0.25) is 5.91 Å². The van der Waals surface area contributed by atoms with Gasteiger partial charge in [0.1, 0.15) is 0 Å². The van der Waals surface area contributed by atoms with E-state index in [4.69, 9.17) is 0 Å². The third-order valence-electron chi connectivity index (χ3n) is 3.35. The number of hydrogen-bond donors (Lipinski definition) is 3. The lowest BCUT2D eigenvalue weighted by molar-refractivity contribution is -0.121. The molecule has 3 amide bonds. The third-order valence-corrected chi connectivity index (χ3v) is 3.35. The summed E-state index contributed by atoms with van der Waals surface area (Å²) in [5.41, 5.74) is 1.77. The Balaban J connectivity index is 1.67. The Morgan fingerprint density at radius 3 is 2.22 bits per heavy atom. The standard InChI is InChI=1S/C18H21N3O2/c1-14(15-8-4-2-5-9-15)20-17(22)12-13-19-18(23)21-16-10-6-3-7-11-16/h2-11,14H,12-13H2,1H3,(H,20,22)(H2,19,21,23)/t14-/m0/s1. The van der Waals surface area contributed by atoms with Gasteiger partial charge in [-0.05, 0) is 24.6 Å². The number of benzene rings is 2. The van der Waals surface area contributed by atoms with Crippen molar-refractivity contribution in [1.29, 1.82) is 0 Å². The van der Waals surface area contributed by atoms with Gasteiger partial charge in [-0.3, -0.25) is 4.79 Å². The van der Waals surface area contributed by atoms with Crippen LogP contribution in [-0.2, 0) is 4.79 Å². The first-order valence-corrected chi connectivity index (χ1v) is 7.59. The van der Waals surface area contributed by atoms with E-state index in [9.17, 15) is 9.59 Å². The van der Waals surface area contributed by atoms with Crippen LogP contribution in [0.1, 0.15) is 24.9 Å². The van der Waals surface area contributed by atoms with Crippen molar-refractivity contribution >= 4 is 17.6 Å². The molecule has 3 N–H and O–H groups in total. The summed E-state index contributed by atoms with van der Waals surface area (Å²) in [5.74, 6) is -0.0960. The molecule has 0 saturated heterocycles. The van der Waals surface area contributed by atoms with Crippen LogP contribution >= 0.6 is 0 Å². The number of nitrogens with one attached hydrogen (secondary N) is 3. The van der Waals surface area contributed by atoms with Gasteiger partial charge in [0.15, 0.2) is 0 Å². The van der Waals surface area contributed by atoms with E-state index in [2.05, 4.69) is 16.0 Å². The summed E-state index contributed by atoms with van der Waals surface area (Å²) in [6, 6.07) is 18.5. The lowest BCUT2D eigenvalue weighted by atomic mass is 10.1. The van der Waals surface area contributed by atoms with Crippen LogP contribution in [0.25, 0.3) is 0 Å². The van der Waals surface area contributed by atoms with Crippen molar-refractivity contribution in [1.82, 2.24) is 10.6 Å². The predicted octanol–water partition coefficient (Wildman–Crippen LogP) is 3.08. The molecule has 0 radical (unpaired) electrons. The number of hydrogen-bond acceptors (Lipinski definition) is 2. The molecular formula is C18H21N3O2. The number of amides is 3. The van der Waals surface area contributed by atoms with Gasteiger partial charge in [-0.1, -0.05) is 48.5 Å². The molecule has 0 fully saturated rings. The second-order valence-corrected chi connectivity index (χ2v) is 5.20. The first-order valence-electron chi connectivity index (χ1n) is 7.59. The molecule has 0 aromatic heterocycles. The van der Waals surface area contributed by atoms with Gasteiger partial charge in [0.25, 0.3) is 0 Å². The van der Waals surface area contributed by atoms with Gasteiger partial charge in [-0.2, -0.15) is 0 Å². The van der Waals surface area contributed by atoms with Gasteiger partial charge in [-0.15, -0.1) is 0 Å². The van der Waals surface area contributed by atoms with Gasteiger partial charge in [0.05, 0.1) is 6.04 Å². The zero-order valence-corrected chi connectivity index (χ0v) is 13.1. The fraction of sp³-hybridized carbons (Fsp3) is 0.222. The number of anilines is 1. The molecule has 0 unspecified atom stereocenters. The van der Waals surface area contributed by atoms with Crippen LogP contribution in [-0.4, -0.2) is 18.5 Å². The second-order valence-electron chi connectivity index (χ2n) is 5.20. The number of urea groups is 1. The molecule has 0 aliphatic carbocycles. The van der Waals surface area contributed by atoms with Crippen molar-refractivity contribution in [3.63, 3.8) is 0 Å². The fourth-order valence-corrected chi connectivity index (χ4v) is 2.13. The molecule has 0 spiro atoms.